The summed E-state index contributed by atoms with van der Waals surface area (Å²) in [4.78, 5) is 10.1. The third kappa shape index (κ3) is 1.16. The van der Waals surface area contributed by atoms with Crippen LogP contribution in [0, 0.1) is 6.79 Å². The van der Waals surface area contributed by atoms with Crippen molar-refractivity contribution < 1.29 is 14.3 Å². The predicted molar refractivity (Wildman–Crippen MR) is 21.0 cm³/mol. The van der Waals surface area contributed by atoms with Crippen molar-refractivity contribution >= 4 is 5.97 Å². The van der Waals surface area contributed by atoms with Crippen molar-refractivity contribution in [2.75, 3.05) is 6.61 Å². The van der Waals surface area contributed by atoms with Crippen LogP contribution in [0.15, 0.2) is 0 Å². The molecule has 0 bridgehead atoms. The number of carbonyl (C=O) groups excluding carboxylic acids is 1. The maximum atomic E-state index is 10.1. The minimum absolute atomic E-state index is 0.216. The Morgan fingerprint density at radius 2 is 2.57 bits per heavy atom. The fourth-order valence-corrected chi connectivity index (χ4v) is 0.337. The Hall–Kier alpha value is -0.570. The van der Waals surface area contributed by atoms with Gasteiger partial charge in [-0.15, -0.1) is 0 Å². The van der Waals surface area contributed by atoms with Gasteiger partial charge in [0, 0.05) is 0 Å². The van der Waals surface area contributed by atoms with Gasteiger partial charge < -0.3 is 9.47 Å². The molecule has 3 nitrogen and oxygen atoms in total. The molecule has 1 aliphatic rings. The average Bonchev–Trinajstić information content (AvgIpc) is 1.69. The van der Waals surface area contributed by atoms with Crippen molar-refractivity contribution in [3.05, 3.63) is 6.79 Å². The van der Waals surface area contributed by atoms with Crippen LogP contribution in [0.25, 0.3) is 0 Å². The molecule has 0 spiro atoms. The first-order chi connectivity index (χ1) is 3.39. The number of rotatable bonds is 0. The topological polar surface area (TPSA) is 35.5 Å². The molecule has 1 saturated heterocycles. The molecule has 1 aliphatic heterocycles. The number of hydrogen-bond donors (Lipinski definition) is 0. The number of cyclic esters (lactones) is 1. The Labute approximate surface area is 41.2 Å². The van der Waals surface area contributed by atoms with Crippen LogP contribution in [0.5, 0.6) is 0 Å². The Bertz CT molecular complexity index is 71.0. The van der Waals surface area contributed by atoms with Gasteiger partial charge in [-0.05, 0) is 0 Å². The van der Waals surface area contributed by atoms with E-state index < -0.39 is 0 Å². The van der Waals surface area contributed by atoms with Crippen molar-refractivity contribution in [2.24, 2.45) is 0 Å². The molecule has 39 valence electrons. The van der Waals surface area contributed by atoms with Gasteiger partial charge in [-0.3, -0.25) is 4.79 Å². The molecule has 0 aromatic rings. The summed E-state index contributed by atoms with van der Waals surface area (Å²) >= 11 is 0. The molecule has 1 rings (SSSR count). The first kappa shape index (κ1) is 4.59. The molecule has 3 heteroatoms. The molecule has 0 aliphatic carbocycles. The molecule has 0 N–H and O–H groups in total. The molecule has 0 aromatic carbocycles. The summed E-state index contributed by atoms with van der Waals surface area (Å²) < 4.78 is 8.86. The first-order valence-electron chi connectivity index (χ1n) is 2.02. The summed E-state index contributed by atoms with van der Waals surface area (Å²) in [5, 5.41) is 0. The summed E-state index contributed by atoms with van der Waals surface area (Å²) in [6.45, 7) is 1.52. The molecule has 1 fully saturated rings. The minimum Gasteiger partial charge on any atom is -0.429 e. The lowest BCUT2D eigenvalue weighted by Crippen LogP contribution is -2.13. The minimum atomic E-state index is -0.216. The molecule has 0 unspecified atom stereocenters. The zero-order chi connectivity index (χ0) is 5.11. The summed E-state index contributed by atoms with van der Waals surface area (Å²) in [7, 11) is 0. The maximum Gasteiger partial charge on any atom is 0.310 e. The normalized spacial score (nSPS) is 21.4. The van der Waals surface area contributed by atoms with Crippen LogP contribution < -0.4 is 0 Å². The van der Waals surface area contributed by atoms with E-state index in [0.29, 0.717) is 13.0 Å². The highest BCUT2D eigenvalue weighted by atomic mass is 16.7. The lowest BCUT2D eigenvalue weighted by atomic mass is 10.5. The van der Waals surface area contributed by atoms with E-state index in [2.05, 4.69) is 9.47 Å². The largest absolute Gasteiger partial charge is 0.429 e. The van der Waals surface area contributed by atoms with Crippen LogP contribution in [-0.4, -0.2) is 12.6 Å². The van der Waals surface area contributed by atoms with E-state index >= 15 is 0 Å². The van der Waals surface area contributed by atoms with Crippen molar-refractivity contribution in [2.45, 2.75) is 6.42 Å². The van der Waals surface area contributed by atoms with E-state index in [0.717, 1.165) is 6.79 Å². The molecular formula is C4H5O3. The van der Waals surface area contributed by atoms with E-state index in [1.165, 1.54) is 0 Å². The molecular weight excluding hydrogens is 96.0 g/mol. The van der Waals surface area contributed by atoms with Gasteiger partial charge >= 0.3 is 5.97 Å². The van der Waals surface area contributed by atoms with Gasteiger partial charge in [0.05, 0.1) is 13.0 Å². The summed E-state index contributed by atoms with van der Waals surface area (Å²) in [6.07, 6.45) is 0.372. The van der Waals surface area contributed by atoms with Crippen molar-refractivity contribution in [1.82, 2.24) is 0 Å². The second-order valence-electron chi connectivity index (χ2n) is 1.21. The predicted octanol–water partition coefficient (Wildman–Crippen LogP) is 0.0692. The monoisotopic (exact) mass is 101 g/mol. The molecule has 0 aromatic heterocycles. The first-order valence-corrected chi connectivity index (χ1v) is 2.02. The smallest absolute Gasteiger partial charge is 0.310 e. The van der Waals surface area contributed by atoms with Gasteiger partial charge in [-0.1, -0.05) is 0 Å². The van der Waals surface area contributed by atoms with Gasteiger partial charge in [0.1, 0.15) is 0 Å². The van der Waals surface area contributed by atoms with Crippen LogP contribution in [-0.2, 0) is 14.3 Å². The van der Waals surface area contributed by atoms with E-state index in [9.17, 15) is 4.79 Å². The lowest BCUT2D eigenvalue weighted by Gasteiger charge is -2.08. The van der Waals surface area contributed by atoms with E-state index in [4.69, 9.17) is 0 Å². The molecule has 1 radical (unpaired) electrons. The maximum absolute atomic E-state index is 10.1. The van der Waals surface area contributed by atoms with Crippen LogP contribution in [0.3, 0.4) is 0 Å². The van der Waals surface area contributed by atoms with Gasteiger partial charge in [0.25, 0.3) is 6.79 Å². The fraction of sp³-hybridized carbons (Fsp3) is 0.500. The molecule has 7 heavy (non-hydrogen) atoms. The third-order valence-electron chi connectivity index (χ3n) is 0.672. The van der Waals surface area contributed by atoms with Crippen molar-refractivity contribution in [1.29, 1.82) is 0 Å². The second-order valence-corrected chi connectivity index (χ2v) is 1.21. The highest BCUT2D eigenvalue weighted by molar-refractivity contribution is 5.70. The highest BCUT2D eigenvalue weighted by Crippen LogP contribution is 1.98. The zero-order valence-electron chi connectivity index (χ0n) is 3.72. The SMILES string of the molecule is O=C1CCO[CH]O1. The van der Waals surface area contributed by atoms with Gasteiger partial charge in [0.15, 0.2) is 0 Å². The standard InChI is InChI=1S/C4H5O3/c5-4-1-2-6-3-7-4/h3H,1-2H2. The molecule has 0 saturated carbocycles. The van der Waals surface area contributed by atoms with E-state index in [1.807, 2.05) is 0 Å². The summed E-state index contributed by atoms with van der Waals surface area (Å²) in [5.74, 6) is -0.216. The van der Waals surface area contributed by atoms with Gasteiger partial charge in [-0.25, -0.2) is 0 Å². The van der Waals surface area contributed by atoms with Crippen molar-refractivity contribution in [3.63, 3.8) is 0 Å². The van der Waals surface area contributed by atoms with Gasteiger partial charge in [0.2, 0.25) is 0 Å². The van der Waals surface area contributed by atoms with Crippen LogP contribution >= 0.6 is 0 Å². The molecule has 1 heterocycles. The fourth-order valence-electron chi connectivity index (χ4n) is 0.337. The Kier molecular flexibility index (Phi) is 1.26. The molecule has 0 amide bonds. The summed E-state index contributed by atoms with van der Waals surface area (Å²) in [5.41, 5.74) is 0. The third-order valence-corrected chi connectivity index (χ3v) is 0.672. The Morgan fingerprint density at radius 3 is 2.86 bits per heavy atom. The highest BCUT2D eigenvalue weighted by Gasteiger charge is 2.07. The lowest BCUT2D eigenvalue weighted by molar-refractivity contribution is -0.155. The van der Waals surface area contributed by atoms with E-state index in [1.54, 1.807) is 0 Å². The Morgan fingerprint density at radius 1 is 1.71 bits per heavy atom. The van der Waals surface area contributed by atoms with Gasteiger partial charge in [-0.2, -0.15) is 0 Å². The number of carbonyl (C=O) groups is 1. The quantitative estimate of drug-likeness (QED) is 0.405. The zero-order valence-corrected chi connectivity index (χ0v) is 3.72. The van der Waals surface area contributed by atoms with Crippen LogP contribution in [0.2, 0.25) is 0 Å². The Balaban J connectivity index is 2.25. The number of esters is 1. The van der Waals surface area contributed by atoms with Crippen molar-refractivity contribution in [3.8, 4) is 0 Å². The molecule has 0 atom stereocenters. The van der Waals surface area contributed by atoms with E-state index in [-0.39, 0.29) is 5.97 Å². The van der Waals surface area contributed by atoms with Crippen LogP contribution in [0.1, 0.15) is 6.42 Å². The second kappa shape index (κ2) is 1.93. The summed E-state index contributed by atoms with van der Waals surface area (Å²) in [6, 6.07) is 0. The van der Waals surface area contributed by atoms with Crippen LogP contribution in [0.4, 0.5) is 0 Å². The number of hydrogen-bond acceptors (Lipinski definition) is 3. The average molecular weight is 101 g/mol. The number of ether oxygens (including phenoxy) is 2.